The van der Waals surface area contributed by atoms with Gasteiger partial charge in [0.25, 0.3) is 0 Å². The maximum absolute atomic E-state index is 13.7. The van der Waals surface area contributed by atoms with Crippen LogP contribution in [0.3, 0.4) is 0 Å². The zero-order valence-electron chi connectivity index (χ0n) is 14.4. The molecule has 0 bridgehead atoms. The normalized spacial score (nSPS) is 12.2. The van der Waals surface area contributed by atoms with Gasteiger partial charge in [-0.25, -0.2) is 8.78 Å². The lowest BCUT2D eigenvalue weighted by molar-refractivity contribution is 0.434. The zero-order valence-corrected chi connectivity index (χ0v) is 17.0. The number of rotatable bonds is 4. The molecule has 0 aromatic heterocycles. The van der Waals surface area contributed by atoms with Crippen LogP contribution in [0.1, 0.15) is 20.8 Å². The van der Waals surface area contributed by atoms with E-state index in [1.807, 2.05) is 0 Å². The quantitative estimate of drug-likeness (QED) is 0.506. The molecule has 2 nitrogen and oxygen atoms in total. The molecule has 0 saturated heterocycles. The molecule has 0 radical (unpaired) electrons. The predicted octanol–water partition coefficient (Wildman–Crippen LogP) is 6.90. The van der Waals surface area contributed by atoms with Gasteiger partial charge >= 0.3 is 0 Å². The van der Waals surface area contributed by atoms with E-state index in [0.717, 1.165) is 17.9 Å². The van der Waals surface area contributed by atoms with E-state index in [0.29, 0.717) is 10.2 Å². The summed E-state index contributed by atoms with van der Waals surface area (Å²) in [7, 11) is -1.94. The van der Waals surface area contributed by atoms with Crippen molar-refractivity contribution in [2.24, 2.45) is 0 Å². The summed E-state index contributed by atoms with van der Waals surface area (Å²) in [5, 5.41) is 0.0892. The summed E-state index contributed by atoms with van der Waals surface area (Å²) in [5.74, 6) is -0.251. The lowest BCUT2D eigenvalue weighted by Gasteiger charge is -2.36. The van der Waals surface area contributed by atoms with Crippen molar-refractivity contribution in [2.75, 3.05) is 0 Å². The molecule has 0 heterocycles. The highest BCUT2D eigenvalue weighted by molar-refractivity contribution is 9.10. The molecule has 0 N–H and O–H groups in total. The average molecular weight is 415 g/mol. The van der Waals surface area contributed by atoms with Crippen LogP contribution in [-0.2, 0) is 0 Å². The highest BCUT2D eigenvalue weighted by atomic mass is 79.9. The summed E-state index contributed by atoms with van der Waals surface area (Å²) in [6, 6.07) is 8.51. The second kappa shape index (κ2) is 6.84. The first-order valence-electron chi connectivity index (χ1n) is 7.61. The van der Waals surface area contributed by atoms with E-state index < -0.39 is 20.0 Å². The fraction of sp³-hybridized carbons (Fsp3) is 0.333. The van der Waals surface area contributed by atoms with Gasteiger partial charge in [0.2, 0.25) is 8.32 Å². The van der Waals surface area contributed by atoms with E-state index in [1.54, 1.807) is 18.2 Å². The van der Waals surface area contributed by atoms with Gasteiger partial charge in [-0.3, -0.25) is 0 Å². The molecule has 2 aromatic rings. The van der Waals surface area contributed by atoms with Crippen LogP contribution in [-0.4, -0.2) is 8.32 Å². The van der Waals surface area contributed by atoms with Gasteiger partial charge in [0, 0.05) is 6.07 Å². The Bertz CT molecular complexity index is 742. The lowest BCUT2D eigenvalue weighted by atomic mass is 10.2. The molecule has 0 unspecified atom stereocenters. The van der Waals surface area contributed by atoms with Crippen molar-refractivity contribution >= 4 is 24.2 Å². The monoisotopic (exact) mass is 414 g/mol. The van der Waals surface area contributed by atoms with E-state index in [1.165, 1.54) is 6.07 Å². The van der Waals surface area contributed by atoms with Crippen molar-refractivity contribution in [3.05, 3.63) is 52.5 Å². The Morgan fingerprint density at radius 2 is 1.58 bits per heavy atom. The molecule has 24 heavy (non-hydrogen) atoms. The van der Waals surface area contributed by atoms with Crippen LogP contribution in [0.25, 0.3) is 0 Å². The first kappa shape index (κ1) is 18.9. The Balaban J connectivity index is 2.21. The van der Waals surface area contributed by atoms with Crippen LogP contribution in [0.15, 0.2) is 40.9 Å². The number of hydrogen-bond acceptors (Lipinski definition) is 2. The van der Waals surface area contributed by atoms with Crippen molar-refractivity contribution in [3.63, 3.8) is 0 Å². The minimum Gasteiger partial charge on any atom is -0.543 e. The van der Waals surface area contributed by atoms with Crippen LogP contribution in [0.5, 0.6) is 17.2 Å². The van der Waals surface area contributed by atoms with Crippen molar-refractivity contribution in [1.29, 1.82) is 0 Å². The van der Waals surface area contributed by atoms with Crippen molar-refractivity contribution in [1.82, 2.24) is 0 Å². The molecule has 0 aliphatic carbocycles. The Morgan fingerprint density at radius 1 is 0.958 bits per heavy atom. The van der Waals surface area contributed by atoms with Crippen LogP contribution in [0.2, 0.25) is 18.1 Å². The lowest BCUT2D eigenvalue weighted by Crippen LogP contribution is -2.43. The largest absolute Gasteiger partial charge is 0.543 e. The van der Waals surface area contributed by atoms with Crippen molar-refractivity contribution < 1.29 is 17.9 Å². The molecule has 6 heteroatoms. The summed E-state index contributed by atoms with van der Waals surface area (Å²) in [4.78, 5) is 0. The van der Waals surface area contributed by atoms with E-state index in [9.17, 15) is 8.78 Å². The minimum absolute atomic E-state index is 0.0323. The standard InChI is InChI=1S/C18H21BrF2O2Si/c1-18(2,3)24(4,5)23-13-7-9-16(14(19)11-13)22-17-8-6-12(20)10-15(17)21/h6-11H,1-5H3. The van der Waals surface area contributed by atoms with Gasteiger partial charge in [-0.1, -0.05) is 20.8 Å². The number of ether oxygens (including phenoxy) is 1. The highest BCUT2D eigenvalue weighted by Crippen LogP contribution is 2.39. The summed E-state index contributed by atoms with van der Waals surface area (Å²) >= 11 is 3.42. The fourth-order valence-electron chi connectivity index (χ4n) is 1.75. The molecular weight excluding hydrogens is 394 g/mol. The predicted molar refractivity (Wildman–Crippen MR) is 98.4 cm³/mol. The maximum atomic E-state index is 13.7. The Labute approximate surface area is 151 Å². The van der Waals surface area contributed by atoms with E-state index >= 15 is 0 Å². The third kappa shape index (κ3) is 4.36. The third-order valence-electron chi connectivity index (χ3n) is 4.20. The van der Waals surface area contributed by atoms with Crippen molar-refractivity contribution in [2.45, 2.75) is 38.9 Å². The zero-order chi connectivity index (χ0) is 18.1. The van der Waals surface area contributed by atoms with Gasteiger partial charge in [-0.05, 0) is 64.4 Å². The smallest absolute Gasteiger partial charge is 0.250 e. The average Bonchev–Trinajstić information content (AvgIpc) is 2.42. The molecule has 0 spiro atoms. The van der Waals surface area contributed by atoms with Gasteiger partial charge in [-0.15, -0.1) is 0 Å². The summed E-state index contributed by atoms with van der Waals surface area (Å²) in [6.45, 7) is 10.8. The second-order valence-electron chi connectivity index (χ2n) is 7.13. The molecule has 0 fully saturated rings. The second-order valence-corrected chi connectivity index (χ2v) is 12.7. The Hall–Kier alpha value is -1.40. The van der Waals surface area contributed by atoms with E-state index in [2.05, 4.69) is 49.8 Å². The van der Waals surface area contributed by atoms with Crippen molar-refractivity contribution in [3.8, 4) is 17.2 Å². The maximum Gasteiger partial charge on any atom is 0.250 e. The summed E-state index contributed by atoms with van der Waals surface area (Å²) < 4.78 is 39.0. The molecule has 130 valence electrons. The summed E-state index contributed by atoms with van der Waals surface area (Å²) in [5.41, 5.74) is 0. The number of benzene rings is 2. The first-order chi connectivity index (χ1) is 11.0. The van der Waals surface area contributed by atoms with Crippen LogP contribution >= 0.6 is 15.9 Å². The SMILES string of the molecule is CC(C)(C)[Si](C)(C)Oc1ccc(Oc2ccc(F)cc2F)c(Br)c1. The third-order valence-corrected chi connectivity index (χ3v) is 9.17. The Kier molecular flexibility index (Phi) is 5.40. The molecule has 0 aliphatic rings. The molecule has 0 saturated carbocycles. The first-order valence-corrected chi connectivity index (χ1v) is 11.3. The van der Waals surface area contributed by atoms with E-state index in [-0.39, 0.29) is 10.8 Å². The summed E-state index contributed by atoms with van der Waals surface area (Å²) in [6.07, 6.45) is 0. The molecule has 0 amide bonds. The van der Waals surface area contributed by atoms with Crippen LogP contribution in [0.4, 0.5) is 8.78 Å². The molecule has 0 aliphatic heterocycles. The highest BCUT2D eigenvalue weighted by Gasteiger charge is 2.39. The van der Waals surface area contributed by atoms with E-state index in [4.69, 9.17) is 9.16 Å². The van der Waals surface area contributed by atoms with Crippen LogP contribution in [0, 0.1) is 11.6 Å². The number of halogens is 3. The van der Waals surface area contributed by atoms with Gasteiger partial charge < -0.3 is 9.16 Å². The number of hydrogen-bond donors (Lipinski definition) is 0. The fourth-order valence-corrected chi connectivity index (χ4v) is 3.21. The molecule has 2 aromatic carbocycles. The van der Waals surface area contributed by atoms with Gasteiger partial charge in [-0.2, -0.15) is 0 Å². The van der Waals surface area contributed by atoms with Gasteiger partial charge in [0.1, 0.15) is 17.3 Å². The minimum atomic E-state index is -1.94. The van der Waals surface area contributed by atoms with Crippen LogP contribution < -0.4 is 9.16 Å². The molecule has 0 atom stereocenters. The van der Waals surface area contributed by atoms with Gasteiger partial charge in [0.05, 0.1) is 4.47 Å². The topological polar surface area (TPSA) is 18.5 Å². The Morgan fingerprint density at radius 3 is 2.12 bits per heavy atom. The molecule has 2 rings (SSSR count). The molecular formula is C18H21BrF2O2Si. The van der Waals surface area contributed by atoms with Gasteiger partial charge in [0.15, 0.2) is 11.6 Å².